The van der Waals surface area contributed by atoms with Crippen LogP contribution in [0.4, 0.5) is 11.4 Å². The van der Waals surface area contributed by atoms with Crippen LogP contribution in [0, 0.1) is 13.8 Å². The number of azo groups is 1. The molecule has 197 valence electrons. The van der Waals surface area contributed by atoms with Gasteiger partial charge in [0.25, 0.3) is 20.2 Å². The van der Waals surface area contributed by atoms with Gasteiger partial charge in [0.15, 0.2) is 5.84 Å². The van der Waals surface area contributed by atoms with E-state index in [2.05, 4.69) is 20.8 Å². The van der Waals surface area contributed by atoms with Gasteiger partial charge in [-0.15, -0.1) is 16.7 Å². The van der Waals surface area contributed by atoms with Crippen LogP contribution in [0.1, 0.15) is 22.3 Å². The van der Waals surface area contributed by atoms with Gasteiger partial charge in [0.1, 0.15) is 10.6 Å². The van der Waals surface area contributed by atoms with Crippen molar-refractivity contribution in [2.75, 3.05) is 0 Å². The number of benzene rings is 3. The van der Waals surface area contributed by atoms with Crippen molar-refractivity contribution >= 4 is 43.7 Å². The van der Waals surface area contributed by atoms with E-state index in [1.165, 1.54) is 37.3 Å². The normalized spacial score (nSPS) is 12.3. The second-order valence-electron chi connectivity index (χ2n) is 7.40. The maximum Gasteiger partial charge on any atom is 2.00 e. The molecule has 0 unspecified atom stereocenters. The Morgan fingerprint density at radius 1 is 0.946 bits per heavy atom. The van der Waals surface area contributed by atoms with E-state index >= 15 is 0 Å². The molecule has 37 heavy (non-hydrogen) atoms. The van der Waals surface area contributed by atoms with Gasteiger partial charge in [-0.05, 0) is 43.3 Å². The fourth-order valence-corrected chi connectivity index (χ4v) is 4.24. The topological polar surface area (TPSA) is 197 Å². The molecule has 0 saturated carbocycles. The molecule has 0 heterocycles. The van der Waals surface area contributed by atoms with Crippen LogP contribution in [0.2, 0.25) is 0 Å². The molecular formula is C22H18CuN4O8S2. The van der Waals surface area contributed by atoms with Crippen LogP contribution in [0.15, 0.2) is 79.7 Å². The molecule has 3 N–H and O–H groups in total. The number of phenols is 1. The summed E-state index contributed by atoms with van der Waals surface area (Å²) in [4.78, 5) is 10.1. The average molecular weight is 594 g/mol. The van der Waals surface area contributed by atoms with Gasteiger partial charge in [-0.3, -0.25) is 9.11 Å². The summed E-state index contributed by atoms with van der Waals surface area (Å²) in [6.45, 7) is 3.09. The Kier molecular flexibility index (Phi) is 9.43. The smallest absolute Gasteiger partial charge is 0.571 e. The summed E-state index contributed by atoms with van der Waals surface area (Å²) < 4.78 is 65.9. The van der Waals surface area contributed by atoms with Gasteiger partial charge < -0.3 is 20.4 Å². The van der Waals surface area contributed by atoms with Crippen molar-refractivity contribution in [3.05, 3.63) is 82.3 Å². The van der Waals surface area contributed by atoms with Gasteiger partial charge in [-0.25, -0.2) is 5.11 Å². The summed E-state index contributed by atoms with van der Waals surface area (Å²) in [7, 11) is -9.40. The van der Waals surface area contributed by atoms with Gasteiger partial charge in [0, 0.05) is 5.56 Å². The summed E-state index contributed by atoms with van der Waals surface area (Å²) in [6, 6.07) is 11.5. The van der Waals surface area contributed by atoms with Crippen LogP contribution in [-0.2, 0) is 42.1 Å². The fraction of sp³-hybridized carbons (Fsp3) is 0.0909. The molecule has 0 amide bonds. The zero-order valence-electron chi connectivity index (χ0n) is 19.0. The van der Waals surface area contributed by atoms with Gasteiger partial charge in [-0.2, -0.15) is 22.9 Å². The molecule has 0 atom stereocenters. The Hall–Kier alpha value is -3.46. The molecule has 0 saturated heterocycles. The molecule has 12 nitrogen and oxygen atoms in total. The number of amidine groups is 1. The van der Waals surface area contributed by atoms with Gasteiger partial charge in [0.2, 0.25) is 0 Å². The van der Waals surface area contributed by atoms with E-state index in [0.29, 0.717) is 0 Å². The zero-order valence-corrected chi connectivity index (χ0v) is 21.6. The minimum absolute atomic E-state index is 0. The molecule has 0 spiro atoms. The van der Waals surface area contributed by atoms with Crippen molar-refractivity contribution in [3.8, 4) is 5.75 Å². The molecule has 15 heteroatoms. The second kappa shape index (κ2) is 11.7. The number of hydrogen-bond donors (Lipinski definition) is 3. The maximum absolute atomic E-state index is 11.9. The Morgan fingerprint density at radius 3 is 2.24 bits per heavy atom. The number of rotatable bonds is 7. The molecular weight excluding hydrogens is 576 g/mol. The van der Waals surface area contributed by atoms with Crippen molar-refractivity contribution in [2.24, 2.45) is 15.3 Å². The SMILES string of the molecule is Cc1ccc([C-]=O)c(N=N/C(=N\[N-]c2cc(S(=O)(=O)O)cc(C)c2O)c2ccccc2S(=O)(=O)O)c1.[Cu+2]. The Morgan fingerprint density at radius 2 is 1.62 bits per heavy atom. The maximum atomic E-state index is 11.9. The first-order valence-corrected chi connectivity index (χ1v) is 12.8. The molecule has 0 aliphatic heterocycles. The second-order valence-corrected chi connectivity index (χ2v) is 10.2. The van der Waals surface area contributed by atoms with E-state index in [1.807, 2.05) is 0 Å². The first-order valence-electron chi connectivity index (χ1n) is 9.88. The minimum atomic E-state index is -4.75. The largest absolute Gasteiger partial charge is 2.00 e. The molecule has 3 aromatic rings. The van der Waals surface area contributed by atoms with E-state index < -0.39 is 47.3 Å². The third kappa shape index (κ3) is 7.29. The Balaban J connectivity index is 0.00000481. The number of aromatic hydroxyl groups is 1. The van der Waals surface area contributed by atoms with Crippen molar-refractivity contribution in [3.63, 3.8) is 0 Å². The summed E-state index contributed by atoms with van der Waals surface area (Å²) in [5, 5.41) is 22.0. The third-order valence-corrected chi connectivity index (χ3v) is 6.47. The summed E-state index contributed by atoms with van der Waals surface area (Å²) in [6.07, 6.45) is 1.70. The first-order chi connectivity index (χ1) is 16.8. The third-order valence-electron chi connectivity index (χ3n) is 4.73. The molecule has 0 aliphatic carbocycles. The van der Waals surface area contributed by atoms with E-state index in [9.17, 15) is 35.8 Å². The van der Waals surface area contributed by atoms with Gasteiger partial charge in [0.05, 0.1) is 11.2 Å². The van der Waals surface area contributed by atoms with Crippen LogP contribution in [0.5, 0.6) is 5.75 Å². The summed E-state index contributed by atoms with van der Waals surface area (Å²) in [5.74, 6) is -0.946. The van der Waals surface area contributed by atoms with E-state index in [4.69, 9.17) is 0 Å². The van der Waals surface area contributed by atoms with Crippen molar-refractivity contribution in [1.29, 1.82) is 0 Å². The number of phenolic OH excluding ortho intramolecular Hbond substituents is 1. The average Bonchev–Trinajstić information content (AvgIpc) is 2.80. The summed E-state index contributed by atoms with van der Waals surface area (Å²) >= 11 is 0. The molecule has 0 fully saturated rings. The van der Waals surface area contributed by atoms with Gasteiger partial charge >= 0.3 is 17.1 Å². The standard InChI is InChI=1S/C22H18N4O8S2.Cu/c1-13-7-8-15(12-27)18(9-13)23-25-22(17-5-3-4-6-20(17)36(32,33)34)26-24-19-11-16(35(29,30)31)10-14(2)21(19)28;/h3-11H,1-2H3,(H3-,23,24,25,26,27,28,29,30,31,32,33,34);/q-2;+2. The predicted molar refractivity (Wildman–Crippen MR) is 129 cm³/mol. The minimum Gasteiger partial charge on any atom is -0.571 e. The zero-order chi connectivity index (χ0) is 26.7. The Labute approximate surface area is 223 Å². The number of carbonyl (C=O) groups excluding carboxylic acids is 1. The monoisotopic (exact) mass is 593 g/mol. The molecule has 1 radical (unpaired) electrons. The number of aryl methyl sites for hydroxylation is 2. The van der Waals surface area contributed by atoms with Crippen LogP contribution in [0.3, 0.4) is 0 Å². The van der Waals surface area contributed by atoms with E-state index in [1.54, 1.807) is 19.3 Å². The molecule has 0 aliphatic rings. The number of hydrogen-bond acceptors (Lipinski definition) is 8. The molecule has 0 bridgehead atoms. The van der Waals surface area contributed by atoms with E-state index in [-0.39, 0.29) is 39.4 Å². The first kappa shape index (κ1) is 29.8. The van der Waals surface area contributed by atoms with Gasteiger partial charge in [-0.1, -0.05) is 35.5 Å². The quantitative estimate of drug-likeness (QED) is 0.0691. The fourth-order valence-electron chi connectivity index (χ4n) is 2.97. The van der Waals surface area contributed by atoms with Crippen molar-refractivity contribution in [2.45, 2.75) is 23.6 Å². The molecule has 3 aromatic carbocycles. The van der Waals surface area contributed by atoms with Crippen LogP contribution >= 0.6 is 0 Å². The van der Waals surface area contributed by atoms with E-state index in [0.717, 1.165) is 23.8 Å². The van der Waals surface area contributed by atoms with Crippen LogP contribution in [0.25, 0.3) is 5.43 Å². The Bertz CT molecular complexity index is 1620. The molecule has 3 rings (SSSR count). The number of nitrogens with zero attached hydrogens (tertiary/aromatic N) is 4. The molecule has 0 aromatic heterocycles. The predicted octanol–water partition coefficient (Wildman–Crippen LogP) is 4.11. The van der Waals surface area contributed by atoms with Crippen LogP contribution in [-0.4, -0.2) is 43.2 Å². The van der Waals surface area contributed by atoms with Crippen molar-refractivity contribution in [1.82, 2.24) is 0 Å². The summed E-state index contributed by atoms with van der Waals surface area (Å²) in [5.41, 5.74) is 4.05. The van der Waals surface area contributed by atoms with Crippen LogP contribution < -0.4 is 0 Å². The van der Waals surface area contributed by atoms with Crippen molar-refractivity contribution < 1.29 is 52.9 Å².